The molecule has 0 saturated heterocycles. The third-order valence-electron chi connectivity index (χ3n) is 4.40. The summed E-state index contributed by atoms with van der Waals surface area (Å²) in [5, 5.41) is 10.4. The van der Waals surface area contributed by atoms with Crippen LogP contribution in [0.1, 0.15) is 28.7 Å². The topological polar surface area (TPSA) is 132 Å². The second-order valence-corrected chi connectivity index (χ2v) is 8.33. The minimum atomic E-state index is -3.95. The van der Waals surface area contributed by atoms with Crippen molar-refractivity contribution in [3.63, 3.8) is 0 Å². The molecule has 3 rings (SSSR count). The molecule has 32 heavy (non-hydrogen) atoms. The number of amides is 1. The lowest BCUT2D eigenvalue weighted by molar-refractivity contribution is 0.101. The molecule has 10 nitrogen and oxygen atoms in total. The number of nitrogens with one attached hydrogen (secondary N) is 2. The maximum absolute atomic E-state index is 12.6. The molecule has 0 aliphatic carbocycles. The molecule has 0 spiro atoms. The number of hydrogen-bond acceptors (Lipinski definition) is 8. The van der Waals surface area contributed by atoms with Gasteiger partial charge in [-0.15, -0.1) is 0 Å². The number of nitrogens with zero attached hydrogens (tertiary/aromatic N) is 2. The zero-order valence-corrected chi connectivity index (χ0v) is 18.7. The summed E-state index contributed by atoms with van der Waals surface area (Å²) in [4.78, 5) is 14.4. The third-order valence-corrected chi connectivity index (χ3v) is 5.60. The van der Waals surface area contributed by atoms with Crippen molar-refractivity contribution in [1.82, 2.24) is 9.99 Å². The molecule has 1 aromatic heterocycles. The predicted octanol–water partition coefficient (Wildman–Crippen LogP) is 2.96. The molecule has 11 heteroatoms. The zero-order chi connectivity index (χ0) is 23.3. The normalized spacial score (nSPS) is 11.7. The van der Waals surface area contributed by atoms with E-state index in [2.05, 4.69) is 20.4 Å². The van der Waals surface area contributed by atoms with Crippen LogP contribution >= 0.6 is 0 Å². The van der Waals surface area contributed by atoms with Gasteiger partial charge in [0.2, 0.25) is 0 Å². The number of hydrogen-bond donors (Lipinski definition) is 2. The maximum Gasteiger partial charge on any atom is 0.277 e. The average Bonchev–Trinajstić information content (AvgIpc) is 3.23. The number of anilines is 1. The van der Waals surface area contributed by atoms with Gasteiger partial charge in [0.05, 0.1) is 24.8 Å². The van der Waals surface area contributed by atoms with Gasteiger partial charge < -0.3 is 19.3 Å². The predicted molar refractivity (Wildman–Crippen MR) is 118 cm³/mol. The van der Waals surface area contributed by atoms with Gasteiger partial charge in [0, 0.05) is 17.8 Å². The highest BCUT2D eigenvalue weighted by atomic mass is 32.2. The van der Waals surface area contributed by atoms with Gasteiger partial charge in [-0.1, -0.05) is 17.3 Å². The SMILES string of the molecule is COc1ccc(S(=O)(=O)N/N=C(\C)c2cccc(NC(=O)c3cc(C)on3)c2)cc1OC. The minimum Gasteiger partial charge on any atom is -0.493 e. The quantitative estimate of drug-likeness (QED) is 0.392. The number of ether oxygens (including phenoxy) is 2. The van der Waals surface area contributed by atoms with Gasteiger partial charge in [-0.2, -0.15) is 18.4 Å². The summed E-state index contributed by atoms with van der Waals surface area (Å²) >= 11 is 0. The Labute approximate surface area is 185 Å². The van der Waals surface area contributed by atoms with Crippen LogP contribution in [-0.4, -0.2) is 39.4 Å². The Morgan fingerprint density at radius 3 is 2.47 bits per heavy atom. The number of aromatic nitrogens is 1. The van der Waals surface area contributed by atoms with E-state index in [-0.39, 0.29) is 16.3 Å². The summed E-state index contributed by atoms with van der Waals surface area (Å²) in [5.41, 5.74) is 1.64. The Bertz CT molecular complexity index is 1270. The van der Waals surface area contributed by atoms with Gasteiger partial charge in [-0.05, 0) is 43.7 Å². The van der Waals surface area contributed by atoms with E-state index in [1.165, 1.54) is 38.5 Å². The van der Waals surface area contributed by atoms with E-state index in [9.17, 15) is 13.2 Å². The van der Waals surface area contributed by atoms with Gasteiger partial charge in [0.1, 0.15) is 5.76 Å². The number of aryl methyl sites for hydroxylation is 1. The first-order valence-corrected chi connectivity index (χ1v) is 10.8. The standard InChI is InChI=1S/C21H22N4O6S/c1-13-10-18(24-31-13)21(26)22-16-7-5-6-15(11-16)14(2)23-25-32(27,28)17-8-9-19(29-3)20(12-17)30-4/h5-12,25H,1-4H3,(H,22,26)/b23-14+. The van der Waals surface area contributed by atoms with E-state index in [1.54, 1.807) is 38.1 Å². The Balaban J connectivity index is 1.76. The number of benzene rings is 2. The van der Waals surface area contributed by atoms with Crippen LogP contribution in [0.2, 0.25) is 0 Å². The van der Waals surface area contributed by atoms with Gasteiger partial charge in [0.25, 0.3) is 15.9 Å². The van der Waals surface area contributed by atoms with Crippen LogP contribution in [0.4, 0.5) is 5.69 Å². The van der Waals surface area contributed by atoms with E-state index in [1.807, 2.05) is 0 Å². The van der Waals surface area contributed by atoms with E-state index < -0.39 is 15.9 Å². The number of rotatable bonds is 8. The summed E-state index contributed by atoms with van der Waals surface area (Å²) in [6.45, 7) is 3.33. The van der Waals surface area contributed by atoms with Crippen LogP contribution in [0, 0.1) is 6.92 Å². The van der Waals surface area contributed by atoms with Crippen molar-refractivity contribution >= 4 is 27.3 Å². The van der Waals surface area contributed by atoms with E-state index in [0.717, 1.165) is 0 Å². The highest BCUT2D eigenvalue weighted by Gasteiger charge is 2.17. The third kappa shape index (κ3) is 5.24. The fraction of sp³-hybridized carbons (Fsp3) is 0.190. The first kappa shape index (κ1) is 22.8. The molecule has 2 N–H and O–H groups in total. The number of sulfonamides is 1. The van der Waals surface area contributed by atoms with Gasteiger partial charge in [-0.25, -0.2) is 0 Å². The molecule has 0 atom stereocenters. The van der Waals surface area contributed by atoms with Gasteiger partial charge >= 0.3 is 0 Å². The van der Waals surface area contributed by atoms with Crippen molar-refractivity contribution in [1.29, 1.82) is 0 Å². The van der Waals surface area contributed by atoms with Crippen LogP contribution < -0.4 is 19.6 Å². The molecule has 1 heterocycles. The second kappa shape index (κ2) is 9.52. The van der Waals surface area contributed by atoms with Crippen LogP contribution in [-0.2, 0) is 10.0 Å². The second-order valence-electron chi connectivity index (χ2n) is 6.67. The average molecular weight is 458 g/mol. The summed E-state index contributed by atoms with van der Waals surface area (Å²) in [6.07, 6.45) is 0. The number of carbonyl (C=O) groups excluding carboxylic acids is 1. The highest BCUT2D eigenvalue weighted by molar-refractivity contribution is 7.89. The molecule has 0 fully saturated rings. The summed E-state index contributed by atoms with van der Waals surface area (Å²) in [6, 6.07) is 12.5. The van der Waals surface area contributed by atoms with Gasteiger partial charge in [0.15, 0.2) is 17.2 Å². The number of methoxy groups -OCH3 is 2. The van der Waals surface area contributed by atoms with Gasteiger partial charge in [-0.3, -0.25) is 4.79 Å². The summed E-state index contributed by atoms with van der Waals surface area (Å²) in [5.74, 6) is 0.781. The zero-order valence-electron chi connectivity index (χ0n) is 17.9. The molecule has 3 aromatic rings. The van der Waals surface area contributed by atoms with E-state index in [4.69, 9.17) is 14.0 Å². The van der Waals surface area contributed by atoms with Crippen LogP contribution in [0.5, 0.6) is 11.5 Å². The smallest absolute Gasteiger partial charge is 0.277 e. The molecule has 0 unspecified atom stereocenters. The Hall–Kier alpha value is -3.86. The van der Waals surface area contributed by atoms with Crippen molar-refractivity contribution in [2.45, 2.75) is 18.7 Å². The molecule has 0 aliphatic heterocycles. The fourth-order valence-electron chi connectivity index (χ4n) is 2.72. The van der Waals surface area contributed by atoms with Crippen LogP contribution in [0.3, 0.4) is 0 Å². The lowest BCUT2D eigenvalue weighted by Crippen LogP contribution is -2.20. The fourth-order valence-corrected chi connectivity index (χ4v) is 3.59. The molecular weight excluding hydrogens is 436 g/mol. The van der Waals surface area contributed by atoms with Crippen LogP contribution in [0.15, 0.2) is 63.1 Å². The molecular formula is C21H22N4O6S. The Morgan fingerprint density at radius 1 is 1.06 bits per heavy atom. The van der Waals surface area contributed by atoms with Crippen LogP contribution in [0.25, 0.3) is 0 Å². The summed E-state index contributed by atoms with van der Waals surface area (Å²) < 4.78 is 40.4. The minimum absolute atomic E-state index is 0.0318. The maximum atomic E-state index is 12.6. The largest absolute Gasteiger partial charge is 0.493 e. The summed E-state index contributed by atoms with van der Waals surface area (Å²) in [7, 11) is -1.07. The first-order valence-electron chi connectivity index (χ1n) is 9.36. The number of carbonyl (C=O) groups is 1. The highest BCUT2D eigenvalue weighted by Crippen LogP contribution is 2.29. The first-order chi connectivity index (χ1) is 15.2. The van der Waals surface area contributed by atoms with Crippen molar-refractivity contribution < 1.29 is 27.2 Å². The monoisotopic (exact) mass is 458 g/mol. The van der Waals surface area contributed by atoms with Crippen molar-refractivity contribution in [2.75, 3.05) is 19.5 Å². The van der Waals surface area contributed by atoms with Crippen molar-refractivity contribution in [2.24, 2.45) is 5.10 Å². The van der Waals surface area contributed by atoms with Crippen molar-refractivity contribution in [3.05, 3.63) is 65.5 Å². The Morgan fingerprint density at radius 2 is 1.81 bits per heavy atom. The lowest BCUT2D eigenvalue weighted by atomic mass is 10.1. The van der Waals surface area contributed by atoms with Crippen molar-refractivity contribution in [3.8, 4) is 11.5 Å². The van der Waals surface area contributed by atoms with E-state index >= 15 is 0 Å². The molecule has 0 aliphatic rings. The van der Waals surface area contributed by atoms with E-state index in [0.29, 0.717) is 28.5 Å². The molecule has 168 valence electrons. The number of hydrazone groups is 1. The Kier molecular flexibility index (Phi) is 6.79. The molecule has 0 bridgehead atoms. The molecule has 2 aromatic carbocycles. The molecule has 0 saturated carbocycles. The molecule has 1 amide bonds. The lowest BCUT2D eigenvalue weighted by Gasteiger charge is -2.10. The molecule has 0 radical (unpaired) electrons.